The predicted octanol–water partition coefficient (Wildman–Crippen LogP) is 5.47. The lowest BCUT2D eigenvalue weighted by Crippen LogP contribution is -2.29. The molecule has 0 fully saturated rings. The van der Waals surface area contributed by atoms with Crippen LogP contribution in [0.4, 0.5) is 15.8 Å². The standard InChI is InChI=1S/C26H25FN2O4S/c1-32-24-12-6-9-19(26(24)33-2)25-18-8-5-7-17(18)20-15-16(13-14-22(20)28-25)34(30,31)29-23-11-4-3-10-21(23)27/h3-7,9-15,17-18,25,28-29H,8H2,1-2H3/t17-,18+,25-/m0/s1. The molecule has 1 heterocycles. The van der Waals surface area contributed by atoms with Crippen LogP contribution >= 0.6 is 0 Å². The van der Waals surface area contributed by atoms with Crippen molar-refractivity contribution < 1.29 is 22.3 Å². The van der Waals surface area contributed by atoms with E-state index in [0.29, 0.717) is 11.5 Å². The summed E-state index contributed by atoms with van der Waals surface area (Å²) >= 11 is 0. The van der Waals surface area contributed by atoms with Gasteiger partial charge in [0.05, 0.1) is 30.8 Å². The minimum atomic E-state index is -3.96. The fraction of sp³-hybridized carbons (Fsp3) is 0.231. The average molecular weight is 481 g/mol. The molecule has 1 aliphatic heterocycles. The molecule has 0 bridgehead atoms. The lowest BCUT2D eigenvalue weighted by Gasteiger charge is -2.38. The molecule has 0 amide bonds. The Bertz CT molecular complexity index is 1370. The number of ether oxygens (including phenoxy) is 2. The van der Waals surface area contributed by atoms with Crippen molar-refractivity contribution in [3.8, 4) is 11.5 Å². The van der Waals surface area contributed by atoms with E-state index < -0.39 is 15.8 Å². The monoisotopic (exact) mass is 480 g/mol. The zero-order valence-electron chi connectivity index (χ0n) is 18.8. The Morgan fingerprint density at radius 3 is 2.59 bits per heavy atom. The highest BCUT2D eigenvalue weighted by Gasteiger charge is 2.40. The van der Waals surface area contributed by atoms with Crippen LogP contribution in [-0.4, -0.2) is 22.6 Å². The molecule has 0 spiro atoms. The van der Waals surface area contributed by atoms with Gasteiger partial charge in [-0.15, -0.1) is 0 Å². The summed E-state index contributed by atoms with van der Waals surface area (Å²) in [5.74, 6) is 0.923. The van der Waals surface area contributed by atoms with E-state index >= 15 is 0 Å². The number of sulfonamides is 1. The Hall–Kier alpha value is -3.52. The molecule has 1 aliphatic carbocycles. The van der Waals surface area contributed by atoms with E-state index in [-0.39, 0.29) is 28.5 Å². The van der Waals surface area contributed by atoms with Crippen LogP contribution in [-0.2, 0) is 10.0 Å². The van der Waals surface area contributed by atoms with Crippen molar-refractivity contribution in [2.45, 2.75) is 23.3 Å². The van der Waals surface area contributed by atoms with E-state index in [4.69, 9.17) is 9.47 Å². The van der Waals surface area contributed by atoms with Gasteiger partial charge in [-0.3, -0.25) is 4.72 Å². The van der Waals surface area contributed by atoms with Crippen molar-refractivity contribution in [3.63, 3.8) is 0 Å². The molecule has 0 radical (unpaired) electrons. The van der Waals surface area contributed by atoms with Gasteiger partial charge in [-0.1, -0.05) is 36.4 Å². The number of methoxy groups -OCH3 is 2. The lowest BCUT2D eigenvalue weighted by molar-refractivity contribution is 0.341. The third-order valence-corrected chi connectivity index (χ3v) is 7.89. The quantitative estimate of drug-likeness (QED) is 0.458. The van der Waals surface area contributed by atoms with E-state index in [2.05, 4.69) is 22.2 Å². The van der Waals surface area contributed by atoms with Crippen molar-refractivity contribution in [2.24, 2.45) is 5.92 Å². The maximum atomic E-state index is 14.0. The van der Waals surface area contributed by atoms with Crippen LogP contribution in [0.15, 0.2) is 77.7 Å². The molecular weight excluding hydrogens is 455 g/mol. The fourth-order valence-electron chi connectivity index (χ4n) is 4.95. The number of nitrogens with one attached hydrogen (secondary N) is 2. The van der Waals surface area contributed by atoms with Crippen LogP contribution in [0.2, 0.25) is 0 Å². The molecular formula is C26H25FN2O4S. The van der Waals surface area contributed by atoms with Crippen LogP contribution in [0.3, 0.4) is 0 Å². The number of para-hydroxylation sites is 2. The highest BCUT2D eigenvalue weighted by Crippen LogP contribution is 2.52. The Morgan fingerprint density at radius 2 is 1.82 bits per heavy atom. The van der Waals surface area contributed by atoms with Gasteiger partial charge in [0.25, 0.3) is 10.0 Å². The molecule has 34 heavy (non-hydrogen) atoms. The molecule has 3 aromatic rings. The number of hydrogen-bond donors (Lipinski definition) is 2. The Labute approximate surface area is 198 Å². The van der Waals surface area contributed by atoms with Gasteiger partial charge >= 0.3 is 0 Å². The van der Waals surface area contributed by atoms with Gasteiger partial charge in [0, 0.05) is 17.2 Å². The van der Waals surface area contributed by atoms with Gasteiger partial charge in [0.1, 0.15) is 5.82 Å². The summed E-state index contributed by atoms with van der Waals surface area (Å²) in [5.41, 5.74) is 2.66. The van der Waals surface area contributed by atoms with Crippen LogP contribution < -0.4 is 19.5 Å². The molecule has 2 N–H and O–H groups in total. The van der Waals surface area contributed by atoms with Gasteiger partial charge in [-0.05, 0) is 54.3 Å². The van der Waals surface area contributed by atoms with E-state index in [1.54, 1.807) is 32.4 Å². The smallest absolute Gasteiger partial charge is 0.261 e. The first-order valence-corrected chi connectivity index (χ1v) is 12.5. The summed E-state index contributed by atoms with van der Waals surface area (Å²) in [4.78, 5) is 0.0905. The molecule has 176 valence electrons. The maximum absolute atomic E-state index is 14.0. The Balaban J connectivity index is 1.52. The van der Waals surface area contributed by atoms with E-state index in [1.165, 1.54) is 24.3 Å². The van der Waals surface area contributed by atoms with Gasteiger partial charge in [0.2, 0.25) is 0 Å². The largest absolute Gasteiger partial charge is 0.493 e. The minimum Gasteiger partial charge on any atom is -0.493 e. The summed E-state index contributed by atoms with van der Waals surface area (Å²) in [6.07, 6.45) is 5.10. The number of anilines is 2. The number of allylic oxidation sites excluding steroid dienone is 2. The second-order valence-corrected chi connectivity index (χ2v) is 10.1. The summed E-state index contributed by atoms with van der Waals surface area (Å²) in [7, 11) is -0.721. The molecule has 0 aromatic heterocycles. The molecule has 5 rings (SSSR count). The molecule has 3 aromatic carbocycles. The maximum Gasteiger partial charge on any atom is 0.261 e. The highest BCUT2D eigenvalue weighted by molar-refractivity contribution is 7.92. The molecule has 3 atom stereocenters. The second-order valence-electron chi connectivity index (χ2n) is 8.39. The molecule has 8 heteroatoms. The summed E-state index contributed by atoms with van der Waals surface area (Å²) in [5, 5.41) is 3.60. The van der Waals surface area contributed by atoms with Crippen LogP contribution in [0.1, 0.15) is 29.5 Å². The van der Waals surface area contributed by atoms with Crippen LogP contribution in [0.5, 0.6) is 11.5 Å². The van der Waals surface area contributed by atoms with Crippen molar-refractivity contribution in [1.29, 1.82) is 0 Å². The summed E-state index contributed by atoms with van der Waals surface area (Å²) < 4.78 is 53.6. The SMILES string of the molecule is COc1cccc([C@H]2Nc3ccc(S(=O)(=O)Nc4ccccc4F)cc3[C@H]3C=CC[C@H]32)c1OC. The van der Waals surface area contributed by atoms with Gasteiger partial charge < -0.3 is 14.8 Å². The minimum absolute atomic E-state index is 0.0285. The number of hydrogen-bond acceptors (Lipinski definition) is 5. The first kappa shape index (κ1) is 22.3. The van der Waals surface area contributed by atoms with Crippen LogP contribution in [0.25, 0.3) is 0 Å². The number of rotatable bonds is 6. The van der Waals surface area contributed by atoms with Crippen molar-refractivity contribution in [1.82, 2.24) is 0 Å². The average Bonchev–Trinajstić information content (AvgIpc) is 3.34. The molecule has 2 aliphatic rings. The van der Waals surface area contributed by atoms with Crippen molar-refractivity contribution in [3.05, 3.63) is 89.8 Å². The van der Waals surface area contributed by atoms with Gasteiger partial charge in [-0.25, -0.2) is 12.8 Å². The van der Waals surface area contributed by atoms with E-state index in [0.717, 1.165) is 23.2 Å². The first-order valence-electron chi connectivity index (χ1n) is 11.0. The van der Waals surface area contributed by atoms with E-state index in [9.17, 15) is 12.8 Å². The van der Waals surface area contributed by atoms with Gasteiger partial charge in [0.15, 0.2) is 11.5 Å². The van der Waals surface area contributed by atoms with Crippen LogP contribution in [0, 0.1) is 11.7 Å². The number of benzene rings is 3. The summed E-state index contributed by atoms with van der Waals surface area (Å²) in [6, 6.07) is 16.5. The third kappa shape index (κ3) is 3.77. The first-order chi connectivity index (χ1) is 16.4. The third-order valence-electron chi connectivity index (χ3n) is 6.53. The van der Waals surface area contributed by atoms with Gasteiger partial charge in [-0.2, -0.15) is 0 Å². The topological polar surface area (TPSA) is 76.7 Å². The Morgan fingerprint density at radius 1 is 1.00 bits per heavy atom. The van der Waals surface area contributed by atoms with Crippen molar-refractivity contribution >= 4 is 21.4 Å². The number of halogens is 1. The zero-order chi connectivity index (χ0) is 23.9. The predicted molar refractivity (Wildman–Crippen MR) is 130 cm³/mol. The lowest BCUT2D eigenvalue weighted by atomic mass is 9.77. The van der Waals surface area contributed by atoms with Crippen molar-refractivity contribution in [2.75, 3.05) is 24.3 Å². The highest BCUT2D eigenvalue weighted by atomic mass is 32.2. The molecule has 0 unspecified atom stereocenters. The van der Waals surface area contributed by atoms with E-state index in [1.807, 2.05) is 18.2 Å². The Kier molecular flexibility index (Phi) is 5.69. The summed E-state index contributed by atoms with van der Waals surface area (Å²) in [6.45, 7) is 0. The molecule has 0 saturated heterocycles. The molecule has 6 nitrogen and oxygen atoms in total. The second kappa shape index (κ2) is 8.68. The molecule has 0 saturated carbocycles. The normalized spacial score (nSPS) is 20.7. The fourth-order valence-corrected chi connectivity index (χ4v) is 6.05. The zero-order valence-corrected chi connectivity index (χ0v) is 19.6. The number of fused-ring (bicyclic) bond motifs is 3.